The smallest absolute Gasteiger partial charge is 0.0110 e. The maximum atomic E-state index is 2.84. The normalized spacial score (nSPS) is 61.5. The molecule has 0 atom stereocenters. The highest BCUT2D eigenvalue weighted by Gasteiger charge is 2.52. The van der Waals surface area contributed by atoms with Crippen LogP contribution in [0.3, 0.4) is 0 Å². The molecule has 8 bridgehead atoms. The highest BCUT2D eigenvalue weighted by atomic mass is 14.6. The molecule has 0 amide bonds. The van der Waals surface area contributed by atoms with Crippen LogP contribution < -0.4 is 0 Å². The summed E-state index contributed by atoms with van der Waals surface area (Å²) in [6.45, 7) is 0. The Bertz CT molecular complexity index is 394. The summed E-state index contributed by atoms with van der Waals surface area (Å²) in [6, 6.07) is 0. The Morgan fingerprint density at radius 3 is 0.864 bits per heavy atom. The van der Waals surface area contributed by atoms with Gasteiger partial charge >= 0.3 is 0 Å². The van der Waals surface area contributed by atoms with Crippen LogP contribution in [0.25, 0.3) is 0 Å². The van der Waals surface area contributed by atoms with E-state index in [2.05, 4.69) is 12.2 Å². The van der Waals surface area contributed by atoms with E-state index >= 15 is 0 Å². The molecule has 0 aromatic rings. The van der Waals surface area contributed by atoms with Gasteiger partial charge in [-0.3, -0.25) is 0 Å². The molecule has 0 radical (unpaired) electrons. The van der Waals surface area contributed by atoms with E-state index in [1.165, 1.54) is 0 Å². The highest BCUT2D eigenvalue weighted by Crippen LogP contribution is 2.63. The molecule has 8 fully saturated rings. The maximum Gasteiger partial charge on any atom is -0.0110 e. The minimum Gasteiger partial charge on any atom is -0.0817 e. The van der Waals surface area contributed by atoms with E-state index in [-0.39, 0.29) is 0 Å². The lowest BCUT2D eigenvalue weighted by Gasteiger charge is -2.58. The Balaban J connectivity index is 1.29. The van der Waals surface area contributed by atoms with Gasteiger partial charge in [0.2, 0.25) is 0 Å². The lowest BCUT2D eigenvalue weighted by Crippen LogP contribution is -2.47. The van der Waals surface area contributed by atoms with Gasteiger partial charge in [0.1, 0.15) is 0 Å². The molecule has 0 aliphatic heterocycles. The fourth-order valence-electron chi connectivity index (χ4n) is 9.12. The highest BCUT2D eigenvalue weighted by molar-refractivity contribution is 5.17. The molecule has 0 unspecified atom stereocenters. The third kappa shape index (κ3) is 1.88. The minimum absolute atomic E-state index is 0.665. The summed E-state index contributed by atoms with van der Waals surface area (Å²) in [5.74, 6) is 6.62. The zero-order valence-corrected chi connectivity index (χ0v) is 14.1. The van der Waals surface area contributed by atoms with Crippen molar-refractivity contribution in [2.45, 2.75) is 77.0 Å². The zero-order chi connectivity index (χ0) is 14.4. The van der Waals surface area contributed by atoms with Gasteiger partial charge in [-0.1, -0.05) is 12.2 Å². The van der Waals surface area contributed by atoms with E-state index in [0.717, 1.165) is 35.5 Å². The van der Waals surface area contributed by atoms with Crippen molar-refractivity contribution in [2.24, 2.45) is 46.3 Å². The maximum absolute atomic E-state index is 2.84. The van der Waals surface area contributed by atoms with Gasteiger partial charge in [0, 0.05) is 0 Å². The van der Waals surface area contributed by atoms with Gasteiger partial charge < -0.3 is 0 Å². The molecular formula is C22H32. The largest absolute Gasteiger partial charge is 0.0817 e. The van der Waals surface area contributed by atoms with Crippen LogP contribution in [0.2, 0.25) is 0 Å². The van der Waals surface area contributed by atoms with E-state index in [9.17, 15) is 0 Å². The second-order valence-electron chi connectivity index (χ2n) is 10.9. The first kappa shape index (κ1) is 13.1. The Morgan fingerprint density at radius 1 is 0.409 bits per heavy atom. The second kappa shape index (κ2) is 4.22. The van der Waals surface area contributed by atoms with Crippen LogP contribution in [0.15, 0.2) is 12.2 Å². The lowest BCUT2D eigenvalue weighted by atomic mass is 9.47. The summed E-state index contributed by atoms with van der Waals surface area (Å²) >= 11 is 0. The Morgan fingerprint density at radius 2 is 0.636 bits per heavy atom. The molecule has 0 saturated heterocycles. The summed E-state index contributed by atoms with van der Waals surface area (Å²) < 4.78 is 0. The van der Waals surface area contributed by atoms with E-state index in [0.29, 0.717) is 10.8 Å². The summed E-state index contributed by atoms with van der Waals surface area (Å²) in [4.78, 5) is 0. The molecule has 0 heteroatoms. The van der Waals surface area contributed by atoms with Gasteiger partial charge in [-0.05, 0) is 123 Å². The fraction of sp³-hybridized carbons (Fsp3) is 0.909. The molecule has 0 N–H and O–H groups in total. The molecule has 0 heterocycles. The first-order chi connectivity index (χ1) is 10.7. The summed E-state index contributed by atoms with van der Waals surface area (Å²) in [6.07, 6.45) is 24.5. The average molecular weight is 296 g/mol. The number of rotatable bonds is 2. The molecular weight excluding hydrogens is 264 g/mol. The van der Waals surface area contributed by atoms with Crippen LogP contribution in [-0.2, 0) is 0 Å². The predicted octanol–water partition coefficient (Wildman–Crippen LogP) is 5.98. The predicted molar refractivity (Wildman–Crippen MR) is 90.4 cm³/mol. The van der Waals surface area contributed by atoms with Crippen molar-refractivity contribution in [3.63, 3.8) is 0 Å². The molecule has 120 valence electrons. The van der Waals surface area contributed by atoms with Crippen LogP contribution in [0, 0.1) is 46.3 Å². The van der Waals surface area contributed by atoms with Crippen molar-refractivity contribution in [1.82, 2.24) is 0 Å². The number of allylic oxidation sites excluding steroid dienone is 2. The summed E-state index contributed by atoms with van der Waals surface area (Å²) in [7, 11) is 0. The van der Waals surface area contributed by atoms with Crippen LogP contribution in [0.5, 0.6) is 0 Å². The van der Waals surface area contributed by atoms with Crippen molar-refractivity contribution in [3.05, 3.63) is 12.2 Å². The van der Waals surface area contributed by atoms with E-state index in [1.807, 2.05) is 0 Å². The van der Waals surface area contributed by atoms with Crippen molar-refractivity contribution >= 4 is 0 Å². The molecule has 8 aliphatic rings. The third-order valence-corrected chi connectivity index (χ3v) is 8.96. The molecule has 0 aromatic heterocycles. The van der Waals surface area contributed by atoms with Crippen LogP contribution in [0.1, 0.15) is 77.0 Å². The standard InChI is InChI=1S/C22H32/c1(21-9-15-3-16(10-21)5-17(4-15)11-21)2-22-12-18-6-19(13-22)8-20(7-18)14-22/h1-2,15-20H,3-14H2/b2-1+. The van der Waals surface area contributed by atoms with Crippen molar-refractivity contribution in [3.8, 4) is 0 Å². The van der Waals surface area contributed by atoms with Crippen LogP contribution >= 0.6 is 0 Å². The SMILES string of the molecule is C(=C\C12CC3CC(CC(C3)C1)C2)/C12CC3CC(CC(C3)C1)C2. The first-order valence-electron chi connectivity index (χ1n) is 10.4. The monoisotopic (exact) mass is 296 g/mol. The number of hydrogen-bond acceptors (Lipinski definition) is 0. The number of hydrogen-bond donors (Lipinski definition) is 0. The molecule has 8 saturated carbocycles. The van der Waals surface area contributed by atoms with Crippen molar-refractivity contribution in [2.75, 3.05) is 0 Å². The summed E-state index contributed by atoms with van der Waals surface area (Å²) in [5.41, 5.74) is 1.33. The Hall–Kier alpha value is -0.260. The quantitative estimate of drug-likeness (QED) is 0.550. The third-order valence-electron chi connectivity index (χ3n) is 8.96. The molecule has 8 rings (SSSR count). The van der Waals surface area contributed by atoms with Gasteiger partial charge in [0.25, 0.3) is 0 Å². The Kier molecular flexibility index (Phi) is 2.51. The zero-order valence-electron chi connectivity index (χ0n) is 14.1. The van der Waals surface area contributed by atoms with E-state index in [1.54, 1.807) is 77.0 Å². The second-order valence-corrected chi connectivity index (χ2v) is 10.9. The van der Waals surface area contributed by atoms with Crippen LogP contribution in [0.4, 0.5) is 0 Å². The van der Waals surface area contributed by atoms with Crippen LogP contribution in [-0.4, -0.2) is 0 Å². The first-order valence-corrected chi connectivity index (χ1v) is 10.4. The molecule has 0 aromatic carbocycles. The molecule has 22 heavy (non-hydrogen) atoms. The summed E-state index contributed by atoms with van der Waals surface area (Å²) in [5, 5.41) is 0. The van der Waals surface area contributed by atoms with Crippen molar-refractivity contribution in [1.29, 1.82) is 0 Å². The average Bonchev–Trinajstić information content (AvgIpc) is 2.42. The van der Waals surface area contributed by atoms with Gasteiger partial charge in [0.05, 0.1) is 0 Å². The van der Waals surface area contributed by atoms with Gasteiger partial charge in [-0.15, -0.1) is 0 Å². The van der Waals surface area contributed by atoms with Crippen molar-refractivity contribution < 1.29 is 0 Å². The minimum atomic E-state index is 0.665. The Labute approximate surface area is 136 Å². The van der Waals surface area contributed by atoms with E-state index in [4.69, 9.17) is 0 Å². The molecule has 0 nitrogen and oxygen atoms in total. The van der Waals surface area contributed by atoms with E-state index < -0.39 is 0 Å². The molecule has 8 aliphatic carbocycles. The lowest BCUT2D eigenvalue weighted by molar-refractivity contribution is -0.0337. The topological polar surface area (TPSA) is 0 Å². The van der Waals surface area contributed by atoms with Gasteiger partial charge in [0.15, 0.2) is 0 Å². The van der Waals surface area contributed by atoms with Gasteiger partial charge in [-0.2, -0.15) is 0 Å². The molecule has 0 spiro atoms. The fourth-order valence-corrected chi connectivity index (χ4v) is 9.12. The van der Waals surface area contributed by atoms with Gasteiger partial charge in [-0.25, -0.2) is 0 Å².